The van der Waals surface area contributed by atoms with Gasteiger partial charge in [0.2, 0.25) is 0 Å². The minimum Gasteiger partial charge on any atom is -0.391 e. The molecule has 1 saturated heterocycles. The summed E-state index contributed by atoms with van der Waals surface area (Å²) in [6.07, 6.45) is 0.836. The molecule has 1 aliphatic heterocycles. The Morgan fingerprint density at radius 2 is 2.42 bits per heavy atom. The van der Waals surface area contributed by atoms with Gasteiger partial charge < -0.3 is 16.2 Å². The second kappa shape index (κ2) is 5.07. The molecule has 0 aromatic carbocycles. The molecule has 0 radical (unpaired) electrons. The Hall–Kier alpha value is 0.230. The number of aliphatic hydroxyl groups is 1. The molecule has 1 rings (SSSR count). The topological polar surface area (TPSA) is 58.3 Å². The largest absolute Gasteiger partial charge is 0.391 e. The van der Waals surface area contributed by atoms with Gasteiger partial charge >= 0.3 is 0 Å². The van der Waals surface area contributed by atoms with Gasteiger partial charge in [-0.3, -0.25) is 0 Å². The predicted octanol–water partition coefficient (Wildman–Crippen LogP) is -0.210. The van der Waals surface area contributed by atoms with Gasteiger partial charge in [0.05, 0.1) is 6.10 Å². The molecule has 0 spiro atoms. The molecule has 1 fully saturated rings. The number of nitrogens with one attached hydrogen (secondary N) is 1. The number of aliphatic hydroxyl groups excluding tert-OH is 1. The third-order valence-electron chi connectivity index (χ3n) is 2.18. The molecule has 4 N–H and O–H groups in total. The first-order chi connectivity index (χ1) is 5.74. The molecule has 0 aliphatic carbocycles. The molecule has 12 heavy (non-hydrogen) atoms. The summed E-state index contributed by atoms with van der Waals surface area (Å²) in [6, 6.07) is 0.280. The Bertz CT molecular complexity index is 134. The van der Waals surface area contributed by atoms with Crippen LogP contribution in [0.15, 0.2) is 0 Å². The highest BCUT2D eigenvalue weighted by Gasteiger charge is 2.25. The molecule has 1 heterocycles. The zero-order chi connectivity index (χ0) is 8.97. The Morgan fingerprint density at radius 1 is 1.67 bits per heavy atom. The van der Waals surface area contributed by atoms with Crippen molar-refractivity contribution in [1.82, 2.24) is 5.32 Å². The van der Waals surface area contributed by atoms with E-state index in [-0.39, 0.29) is 12.1 Å². The lowest BCUT2D eigenvalue weighted by molar-refractivity contribution is 0.201. The van der Waals surface area contributed by atoms with Gasteiger partial charge in [0.15, 0.2) is 0 Å². The van der Waals surface area contributed by atoms with Gasteiger partial charge in [0, 0.05) is 30.1 Å². The molecule has 0 amide bonds. The van der Waals surface area contributed by atoms with Crippen molar-refractivity contribution >= 4 is 11.8 Å². The molecule has 0 saturated carbocycles. The smallest absolute Gasteiger partial charge is 0.0795 e. The molecular formula is C8H18N2OS. The fourth-order valence-electron chi connectivity index (χ4n) is 1.18. The molecule has 0 bridgehead atoms. The van der Waals surface area contributed by atoms with Crippen molar-refractivity contribution in [2.45, 2.75) is 30.7 Å². The van der Waals surface area contributed by atoms with Crippen molar-refractivity contribution in [3.05, 3.63) is 0 Å². The zero-order valence-corrected chi connectivity index (χ0v) is 8.31. The average molecular weight is 190 g/mol. The van der Waals surface area contributed by atoms with Crippen LogP contribution in [0.2, 0.25) is 0 Å². The van der Waals surface area contributed by atoms with E-state index in [1.165, 1.54) is 0 Å². The summed E-state index contributed by atoms with van der Waals surface area (Å²) in [7, 11) is 0. The number of nitrogens with two attached hydrogens (primary N) is 1. The van der Waals surface area contributed by atoms with E-state index in [2.05, 4.69) is 12.2 Å². The molecule has 1 aliphatic rings. The molecule has 4 heteroatoms. The fraction of sp³-hybridized carbons (Fsp3) is 1.00. The maximum absolute atomic E-state index is 9.45. The molecule has 0 aromatic heterocycles. The SMILES string of the molecule is CCC(N)CSC1CNCC1O. The van der Waals surface area contributed by atoms with Crippen LogP contribution < -0.4 is 11.1 Å². The first-order valence-corrected chi connectivity index (χ1v) is 5.55. The van der Waals surface area contributed by atoms with Gasteiger partial charge in [-0.25, -0.2) is 0 Å². The molecule has 0 aromatic rings. The fourth-order valence-corrected chi connectivity index (χ4v) is 2.46. The van der Waals surface area contributed by atoms with Crippen LogP contribution in [0.3, 0.4) is 0 Å². The minimum atomic E-state index is -0.181. The van der Waals surface area contributed by atoms with Crippen molar-refractivity contribution in [2.24, 2.45) is 5.73 Å². The third kappa shape index (κ3) is 2.94. The maximum atomic E-state index is 9.45. The summed E-state index contributed by atoms with van der Waals surface area (Å²) in [5, 5.41) is 13.0. The molecular weight excluding hydrogens is 172 g/mol. The van der Waals surface area contributed by atoms with Crippen LogP contribution in [0, 0.1) is 0 Å². The summed E-state index contributed by atoms with van der Waals surface area (Å²) < 4.78 is 0. The number of thioether (sulfide) groups is 1. The van der Waals surface area contributed by atoms with E-state index < -0.39 is 0 Å². The Balaban J connectivity index is 2.13. The number of hydrogen-bond donors (Lipinski definition) is 3. The van der Waals surface area contributed by atoms with Crippen LogP contribution in [-0.2, 0) is 0 Å². The summed E-state index contributed by atoms with van der Waals surface area (Å²) in [5.41, 5.74) is 5.77. The van der Waals surface area contributed by atoms with Crippen LogP contribution in [0.1, 0.15) is 13.3 Å². The van der Waals surface area contributed by atoms with Crippen molar-refractivity contribution in [3.8, 4) is 0 Å². The summed E-state index contributed by atoms with van der Waals surface area (Å²) in [4.78, 5) is 0. The van der Waals surface area contributed by atoms with E-state index in [9.17, 15) is 5.11 Å². The summed E-state index contributed by atoms with van der Waals surface area (Å²) >= 11 is 1.79. The van der Waals surface area contributed by atoms with E-state index in [1.807, 2.05) is 0 Å². The Labute approximate surface area is 78.1 Å². The van der Waals surface area contributed by atoms with Crippen molar-refractivity contribution in [1.29, 1.82) is 0 Å². The first-order valence-electron chi connectivity index (χ1n) is 4.50. The molecule has 3 unspecified atom stereocenters. The number of β-amino-alcohol motifs (C(OH)–C–C–N with tert-alkyl or cyclic N) is 1. The van der Waals surface area contributed by atoms with Crippen LogP contribution in [-0.4, -0.2) is 41.3 Å². The molecule has 72 valence electrons. The van der Waals surface area contributed by atoms with Gasteiger partial charge in [-0.15, -0.1) is 0 Å². The standard InChI is InChI=1S/C8H18N2OS/c1-2-6(9)5-12-8-4-10-3-7(8)11/h6-8,10-11H,2-5,9H2,1H3. The van der Waals surface area contributed by atoms with Crippen molar-refractivity contribution in [2.75, 3.05) is 18.8 Å². The van der Waals surface area contributed by atoms with Gasteiger partial charge in [0.1, 0.15) is 0 Å². The van der Waals surface area contributed by atoms with E-state index in [4.69, 9.17) is 5.73 Å². The number of hydrogen-bond acceptors (Lipinski definition) is 4. The van der Waals surface area contributed by atoms with E-state index in [0.717, 1.165) is 25.3 Å². The highest BCUT2D eigenvalue weighted by atomic mass is 32.2. The Kier molecular flexibility index (Phi) is 4.35. The Morgan fingerprint density at radius 3 is 2.92 bits per heavy atom. The molecule has 3 nitrogen and oxygen atoms in total. The highest BCUT2D eigenvalue weighted by molar-refractivity contribution is 8.00. The van der Waals surface area contributed by atoms with Crippen LogP contribution >= 0.6 is 11.8 Å². The van der Waals surface area contributed by atoms with Gasteiger partial charge in [-0.1, -0.05) is 6.92 Å². The van der Waals surface area contributed by atoms with Gasteiger partial charge in [0.25, 0.3) is 0 Å². The highest BCUT2D eigenvalue weighted by Crippen LogP contribution is 2.18. The van der Waals surface area contributed by atoms with Crippen LogP contribution in [0.5, 0.6) is 0 Å². The molecule has 3 atom stereocenters. The lowest BCUT2D eigenvalue weighted by Gasteiger charge is -2.15. The monoisotopic (exact) mass is 190 g/mol. The van der Waals surface area contributed by atoms with E-state index >= 15 is 0 Å². The normalized spacial score (nSPS) is 32.2. The van der Waals surface area contributed by atoms with Crippen molar-refractivity contribution < 1.29 is 5.11 Å². The average Bonchev–Trinajstić information content (AvgIpc) is 2.47. The number of rotatable bonds is 4. The lowest BCUT2D eigenvalue weighted by Crippen LogP contribution is -2.26. The lowest BCUT2D eigenvalue weighted by atomic mass is 10.3. The second-order valence-corrected chi connectivity index (χ2v) is 4.54. The predicted molar refractivity (Wildman–Crippen MR) is 53.4 cm³/mol. The maximum Gasteiger partial charge on any atom is 0.0795 e. The quantitative estimate of drug-likeness (QED) is 0.574. The summed E-state index contributed by atoms with van der Waals surface area (Å²) in [6.45, 7) is 3.75. The summed E-state index contributed by atoms with van der Waals surface area (Å²) in [5.74, 6) is 0.958. The van der Waals surface area contributed by atoms with Crippen LogP contribution in [0.4, 0.5) is 0 Å². The minimum absolute atomic E-state index is 0.181. The zero-order valence-electron chi connectivity index (χ0n) is 7.49. The van der Waals surface area contributed by atoms with Gasteiger partial charge in [-0.05, 0) is 6.42 Å². The first kappa shape index (κ1) is 10.3. The van der Waals surface area contributed by atoms with Gasteiger partial charge in [-0.2, -0.15) is 11.8 Å². The van der Waals surface area contributed by atoms with E-state index in [1.54, 1.807) is 11.8 Å². The van der Waals surface area contributed by atoms with Crippen LogP contribution in [0.25, 0.3) is 0 Å². The van der Waals surface area contributed by atoms with E-state index in [0.29, 0.717) is 5.25 Å². The third-order valence-corrected chi connectivity index (χ3v) is 3.71. The second-order valence-electron chi connectivity index (χ2n) is 3.27. The van der Waals surface area contributed by atoms with Crippen molar-refractivity contribution in [3.63, 3.8) is 0 Å².